The summed E-state index contributed by atoms with van der Waals surface area (Å²) in [5, 5.41) is 11.8. The van der Waals surface area contributed by atoms with E-state index >= 15 is 0 Å². The molecular weight excluding hydrogens is 284 g/mol. The van der Waals surface area contributed by atoms with Crippen LogP contribution in [0.2, 0.25) is 0 Å². The lowest BCUT2D eigenvalue weighted by Crippen LogP contribution is -2.45. The molecule has 2 unspecified atom stereocenters. The molecule has 1 N–H and O–H groups in total. The van der Waals surface area contributed by atoms with Gasteiger partial charge in [0.2, 0.25) is 5.91 Å². The highest BCUT2D eigenvalue weighted by Crippen LogP contribution is 2.48. The first-order valence-electron chi connectivity index (χ1n) is 6.98. The zero-order valence-corrected chi connectivity index (χ0v) is 12.0. The van der Waals surface area contributed by atoms with Gasteiger partial charge in [-0.2, -0.15) is 5.26 Å². The second-order valence-corrected chi connectivity index (χ2v) is 5.65. The number of Topliss-reactive ketones (excluding diaryl/α,β-unsaturated/α-hetero) is 1. The van der Waals surface area contributed by atoms with E-state index in [0.29, 0.717) is 23.2 Å². The number of benzene rings is 1. The summed E-state index contributed by atoms with van der Waals surface area (Å²) >= 11 is 0. The predicted octanol–water partition coefficient (Wildman–Crippen LogP) is 1.29. The molecule has 2 aliphatic rings. The third-order valence-electron chi connectivity index (χ3n) is 4.57. The molecule has 6 heteroatoms. The molecule has 1 saturated carbocycles. The van der Waals surface area contributed by atoms with Crippen LogP contribution in [0.5, 0.6) is 0 Å². The highest BCUT2D eigenvalue weighted by Gasteiger charge is 2.53. The molecule has 0 aromatic heterocycles. The molecule has 0 radical (unpaired) electrons. The van der Waals surface area contributed by atoms with Gasteiger partial charge in [0.1, 0.15) is 11.7 Å². The van der Waals surface area contributed by atoms with Gasteiger partial charge in [-0.3, -0.25) is 14.4 Å². The van der Waals surface area contributed by atoms with Crippen molar-refractivity contribution in [3.05, 3.63) is 29.3 Å². The second-order valence-electron chi connectivity index (χ2n) is 5.65. The maximum Gasteiger partial charge on any atom is 0.316 e. The Morgan fingerprint density at radius 2 is 2.23 bits per heavy atom. The monoisotopic (exact) mass is 298 g/mol. The first-order valence-corrected chi connectivity index (χ1v) is 6.98. The lowest BCUT2D eigenvalue weighted by molar-refractivity contribution is -0.152. The highest BCUT2D eigenvalue weighted by atomic mass is 16.5. The number of nitrogens with zero attached hydrogens (tertiary/aromatic N) is 1. The van der Waals surface area contributed by atoms with Crippen molar-refractivity contribution in [1.29, 1.82) is 5.26 Å². The largest absolute Gasteiger partial charge is 0.468 e. The van der Waals surface area contributed by atoms with Gasteiger partial charge in [-0.25, -0.2) is 0 Å². The van der Waals surface area contributed by atoms with Crippen molar-refractivity contribution in [2.45, 2.75) is 24.7 Å². The van der Waals surface area contributed by atoms with Crippen molar-refractivity contribution in [2.75, 3.05) is 12.4 Å². The molecule has 6 nitrogen and oxygen atoms in total. The summed E-state index contributed by atoms with van der Waals surface area (Å²) < 4.78 is 4.69. The Labute approximate surface area is 127 Å². The van der Waals surface area contributed by atoms with E-state index in [0.717, 1.165) is 0 Å². The van der Waals surface area contributed by atoms with Crippen LogP contribution >= 0.6 is 0 Å². The van der Waals surface area contributed by atoms with Gasteiger partial charge in [-0.05, 0) is 36.6 Å². The fourth-order valence-electron chi connectivity index (χ4n) is 3.37. The standard InChI is InChI=1S/C16H14N2O4/c1-22-14(20)10-7-16(5-4-13(10)19)11-6-9(8-17)2-3-12(11)18-15(16)21/h2-3,6,10H,4-5,7H2,1H3,(H,18,21). The first-order chi connectivity index (χ1) is 10.5. The van der Waals surface area contributed by atoms with E-state index in [1.54, 1.807) is 18.2 Å². The number of nitriles is 1. The van der Waals surface area contributed by atoms with Crippen molar-refractivity contribution in [3.8, 4) is 6.07 Å². The molecule has 1 fully saturated rings. The minimum Gasteiger partial charge on any atom is -0.468 e. The lowest BCUT2D eigenvalue weighted by atomic mass is 9.66. The summed E-state index contributed by atoms with van der Waals surface area (Å²) in [7, 11) is 1.23. The summed E-state index contributed by atoms with van der Waals surface area (Å²) in [6, 6.07) is 7.03. The molecule has 2 atom stereocenters. The molecular formula is C16H14N2O4. The van der Waals surface area contributed by atoms with E-state index in [1.807, 2.05) is 6.07 Å². The Morgan fingerprint density at radius 3 is 2.91 bits per heavy atom. The average molecular weight is 298 g/mol. The number of rotatable bonds is 1. The number of carbonyl (C=O) groups excluding carboxylic acids is 3. The number of hydrogen-bond acceptors (Lipinski definition) is 5. The van der Waals surface area contributed by atoms with Gasteiger partial charge in [-0.15, -0.1) is 0 Å². The van der Waals surface area contributed by atoms with Crippen LogP contribution in [0, 0.1) is 17.2 Å². The third-order valence-corrected chi connectivity index (χ3v) is 4.57. The Hall–Kier alpha value is -2.68. The zero-order valence-electron chi connectivity index (χ0n) is 12.0. The molecule has 3 rings (SSSR count). The maximum absolute atomic E-state index is 12.5. The Balaban J connectivity index is 2.07. The molecule has 1 aliphatic heterocycles. The van der Waals surface area contributed by atoms with Crippen LogP contribution in [-0.2, 0) is 24.5 Å². The average Bonchev–Trinajstić information content (AvgIpc) is 2.80. The summed E-state index contributed by atoms with van der Waals surface area (Å²) in [5.41, 5.74) is 0.843. The quantitative estimate of drug-likeness (QED) is 0.622. The number of esters is 1. The maximum atomic E-state index is 12.5. The van der Waals surface area contributed by atoms with Crippen LogP contribution in [0.25, 0.3) is 0 Å². The number of hydrogen-bond donors (Lipinski definition) is 1. The normalized spacial score (nSPS) is 26.3. The van der Waals surface area contributed by atoms with Gasteiger partial charge in [0.05, 0.1) is 24.2 Å². The molecule has 112 valence electrons. The van der Waals surface area contributed by atoms with Crippen molar-refractivity contribution in [3.63, 3.8) is 0 Å². The summed E-state index contributed by atoms with van der Waals surface area (Å²) in [5.74, 6) is -1.96. The Kier molecular flexibility index (Phi) is 3.21. The van der Waals surface area contributed by atoms with Gasteiger partial charge in [0, 0.05) is 12.1 Å². The van der Waals surface area contributed by atoms with Crippen molar-refractivity contribution in [1.82, 2.24) is 0 Å². The summed E-state index contributed by atoms with van der Waals surface area (Å²) in [6.07, 6.45) is 0.572. The lowest BCUT2D eigenvalue weighted by Gasteiger charge is -2.34. The van der Waals surface area contributed by atoms with Crippen LogP contribution in [0.4, 0.5) is 5.69 Å². The van der Waals surface area contributed by atoms with Crippen LogP contribution < -0.4 is 5.32 Å². The molecule has 1 aromatic rings. The Morgan fingerprint density at radius 1 is 1.45 bits per heavy atom. The number of methoxy groups -OCH3 is 1. The smallest absolute Gasteiger partial charge is 0.316 e. The minimum absolute atomic E-state index is 0.0895. The van der Waals surface area contributed by atoms with Crippen molar-refractivity contribution >= 4 is 23.3 Å². The van der Waals surface area contributed by atoms with Gasteiger partial charge in [0.15, 0.2) is 0 Å². The number of ketones is 1. The van der Waals surface area contributed by atoms with Crippen LogP contribution in [-0.4, -0.2) is 24.8 Å². The number of nitrogens with one attached hydrogen (secondary N) is 1. The molecule has 1 aromatic carbocycles. The van der Waals surface area contributed by atoms with Crippen molar-refractivity contribution < 1.29 is 19.1 Å². The molecule has 1 amide bonds. The van der Waals surface area contributed by atoms with E-state index in [-0.39, 0.29) is 24.5 Å². The fraction of sp³-hybridized carbons (Fsp3) is 0.375. The third kappa shape index (κ3) is 1.90. The Bertz CT molecular complexity index is 726. The van der Waals surface area contributed by atoms with Crippen molar-refractivity contribution in [2.24, 2.45) is 5.92 Å². The van der Waals surface area contributed by atoms with E-state index < -0.39 is 17.3 Å². The van der Waals surface area contributed by atoms with Gasteiger partial charge in [0.25, 0.3) is 0 Å². The number of carbonyl (C=O) groups is 3. The molecule has 0 saturated heterocycles. The molecule has 1 heterocycles. The predicted molar refractivity (Wildman–Crippen MR) is 75.8 cm³/mol. The van der Waals surface area contributed by atoms with Gasteiger partial charge < -0.3 is 10.1 Å². The van der Waals surface area contributed by atoms with Crippen LogP contribution in [0.15, 0.2) is 18.2 Å². The minimum atomic E-state index is -0.936. The molecule has 22 heavy (non-hydrogen) atoms. The van der Waals surface area contributed by atoms with Gasteiger partial charge >= 0.3 is 5.97 Å². The van der Waals surface area contributed by atoms with E-state index in [4.69, 9.17) is 5.26 Å². The van der Waals surface area contributed by atoms with Crippen LogP contribution in [0.3, 0.4) is 0 Å². The van der Waals surface area contributed by atoms with Crippen LogP contribution in [0.1, 0.15) is 30.4 Å². The molecule has 1 aliphatic carbocycles. The number of anilines is 1. The first kappa shape index (κ1) is 14.3. The molecule has 1 spiro atoms. The van der Waals surface area contributed by atoms with E-state index in [2.05, 4.69) is 10.1 Å². The molecule has 0 bridgehead atoms. The van der Waals surface area contributed by atoms with Gasteiger partial charge in [-0.1, -0.05) is 0 Å². The number of amides is 1. The zero-order chi connectivity index (χ0) is 15.9. The summed E-state index contributed by atoms with van der Waals surface area (Å²) in [6.45, 7) is 0. The topological polar surface area (TPSA) is 96.3 Å². The second kappa shape index (κ2) is 4.95. The highest BCUT2D eigenvalue weighted by molar-refractivity contribution is 6.09. The number of fused-ring (bicyclic) bond motifs is 2. The summed E-state index contributed by atoms with van der Waals surface area (Å²) in [4.78, 5) is 36.3. The SMILES string of the molecule is COC(=O)C1CC2(CCC1=O)C(=O)Nc1ccc(C#N)cc12. The van der Waals surface area contributed by atoms with E-state index in [9.17, 15) is 14.4 Å². The fourth-order valence-corrected chi connectivity index (χ4v) is 3.37. The van der Waals surface area contributed by atoms with E-state index in [1.165, 1.54) is 7.11 Å². The number of ether oxygens (including phenoxy) is 1.